The SMILES string of the molecule is NC(=O)CNCC(O)COc1cnsn1. The molecule has 0 saturated heterocycles. The second-order valence-electron chi connectivity index (χ2n) is 2.81. The predicted octanol–water partition coefficient (Wildman–Crippen LogP) is -1.65. The fraction of sp³-hybridized carbons (Fsp3) is 0.571. The number of carbonyl (C=O) groups excluding carboxylic acids is 1. The third-order valence-electron chi connectivity index (χ3n) is 1.44. The van der Waals surface area contributed by atoms with Gasteiger partial charge >= 0.3 is 0 Å². The van der Waals surface area contributed by atoms with Gasteiger partial charge in [0.05, 0.1) is 18.3 Å². The van der Waals surface area contributed by atoms with Crippen molar-refractivity contribution in [3.63, 3.8) is 0 Å². The number of hydrogen-bond donors (Lipinski definition) is 3. The van der Waals surface area contributed by atoms with Crippen LogP contribution in [0.2, 0.25) is 0 Å². The van der Waals surface area contributed by atoms with Gasteiger partial charge in [0, 0.05) is 6.54 Å². The number of aliphatic hydroxyl groups excluding tert-OH is 1. The van der Waals surface area contributed by atoms with Crippen molar-refractivity contribution in [1.29, 1.82) is 0 Å². The fourth-order valence-corrected chi connectivity index (χ4v) is 1.19. The van der Waals surface area contributed by atoms with E-state index in [1.54, 1.807) is 0 Å². The van der Waals surface area contributed by atoms with E-state index in [4.69, 9.17) is 10.5 Å². The van der Waals surface area contributed by atoms with E-state index in [-0.39, 0.29) is 19.7 Å². The minimum atomic E-state index is -0.717. The molecule has 0 aliphatic heterocycles. The lowest BCUT2D eigenvalue weighted by Gasteiger charge is -2.10. The number of aliphatic hydroxyl groups is 1. The van der Waals surface area contributed by atoms with Crippen molar-refractivity contribution in [2.75, 3.05) is 19.7 Å². The Morgan fingerprint density at radius 1 is 1.80 bits per heavy atom. The summed E-state index contributed by atoms with van der Waals surface area (Å²) in [7, 11) is 0. The summed E-state index contributed by atoms with van der Waals surface area (Å²) in [4.78, 5) is 10.4. The lowest BCUT2D eigenvalue weighted by atomic mass is 10.4. The molecular weight excluding hydrogens is 220 g/mol. The molecule has 1 aromatic rings. The molecule has 1 heterocycles. The van der Waals surface area contributed by atoms with Crippen LogP contribution in [0.5, 0.6) is 5.88 Å². The molecule has 0 aromatic carbocycles. The van der Waals surface area contributed by atoms with E-state index in [0.717, 1.165) is 11.7 Å². The van der Waals surface area contributed by atoms with Crippen molar-refractivity contribution in [3.05, 3.63) is 6.20 Å². The normalized spacial score (nSPS) is 12.3. The average molecular weight is 232 g/mol. The summed E-state index contributed by atoms with van der Waals surface area (Å²) in [5.41, 5.74) is 4.90. The van der Waals surface area contributed by atoms with Crippen LogP contribution in [0.15, 0.2) is 6.20 Å². The monoisotopic (exact) mass is 232 g/mol. The molecule has 0 aliphatic rings. The number of hydrogen-bond acceptors (Lipinski definition) is 7. The molecule has 1 unspecified atom stereocenters. The first-order valence-corrected chi connectivity index (χ1v) is 4.99. The zero-order valence-electron chi connectivity index (χ0n) is 7.92. The molecule has 8 heteroatoms. The number of amides is 1. The van der Waals surface area contributed by atoms with E-state index in [1.165, 1.54) is 6.20 Å². The molecule has 1 aromatic heterocycles. The van der Waals surface area contributed by atoms with Crippen molar-refractivity contribution in [2.45, 2.75) is 6.10 Å². The van der Waals surface area contributed by atoms with Crippen LogP contribution in [0.1, 0.15) is 0 Å². The zero-order valence-corrected chi connectivity index (χ0v) is 8.74. The van der Waals surface area contributed by atoms with Gasteiger partial charge in [-0.3, -0.25) is 4.79 Å². The summed E-state index contributed by atoms with van der Waals surface area (Å²) in [6, 6.07) is 0. The molecule has 0 aliphatic carbocycles. The quantitative estimate of drug-likeness (QED) is 0.519. The van der Waals surface area contributed by atoms with Gasteiger partial charge < -0.3 is 20.9 Å². The summed E-state index contributed by atoms with van der Waals surface area (Å²) in [5, 5.41) is 12.1. The van der Waals surface area contributed by atoms with Gasteiger partial charge in [0.25, 0.3) is 0 Å². The number of carbonyl (C=O) groups is 1. The van der Waals surface area contributed by atoms with Crippen LogP contribution in [0.25, 0.3) is 0 Å². The summed E-state index contributed by atoms with van der Waals surface area (Å²) in [5.74, 6) is -0.0826. The van der Waals surface area contributed by atoms with Crippen molar-refractivity contribution in [3.8, 4) is 5.88 Å². The van der Waals surface area contributed by atoms with Gasteiger partial charge in [0.15, 0.2) is 0 Å². The van der Waals surface area contributed by atoms with Crippen LogP contribution in [-0.4, -0.2) is 45.6 Å². The topological polar surface area (TPSA) is 110 Å². The highest BCUT2D eigenvalue weighted by atomic mass is 32.1. The number of rotatable bonds is 7. The number of primary amides is 1. The summed E-state index contributed by atoms with van der Waals surface area (Å²) in [6.07, 6.45) is 0.750. The maximum Gasteiger partial charge on any atom is 0.245 e. The first-order valence-electron chi connectivity index (χ1n) is 4.26. The Labute approximate surface area is 90.6 Å². The first-order chi connectivity index (χ1) is 7.18. The summed E-state index contributed by atoms with van der Waals surface area (Å²) >= 11 is 1.03. The number of nitrogens with two attached hydrogens (primary N) is 1. The summed E-state index contributed by atoms with van der Waals surface area (Å²) in [6.45, 7) is 0.368. The number of nitrogens with one attached hydrogen (secondary N) is 1. The molecule has 0 radical (unpaired) electrons. The predicted molar refractivity (Wildman–Crippen MR) is 53.5 cm³/mol. The maximum absolute atomic E-state index is 10.4. The van der Waals surface area contributed by atoms with Gasteiger partial charge in [-0.05, 0) is 0 Å². The number of nitrogens with zero attached hydrogens (tertiary/aromatic N) is 2. The minimum absolute atomic E-state index is 0.0370. The molecule has 0 fully saturated rings. The second-order valence-corrected chi connectivity index (χ2v) is 3.36. The molecule has 7 nitrogen and oxygen atoms in total. The van der Waals surface area contributed by atoms with Crippen molar-refractivity contribution in [2.24, 2.45) is 5.73 Å². The van der Waals surface area contributed by atoms with Crippen LogP contribution in [-0.2, 0) is 4.79 Å². The molecule has 15 heavy (non-hydrogen) atoms. The van der Waals surface area contributed by atoms with Gasteiger partial charge in [-0.15, -0.1) is 4.37 Å². The standard InChI is InChI=1S/C7H12N4O3S/c8-6(13)2-9-1-5(12)4-14-7-3-10-15-11-7/h3,5,9,12H,1-2,4H2,(H2,8,13). The van der Waals surface area contributed by atoms with E-state index in [0.29, 0.717) is 5.88 Å². The molecule has 0 spiro atoms. The average Bonchev–Trinajstić information content (AvgIpc) is 2.66. The first kappa shape index (κ1) is 11.8. The van der Waals surface area contributed by atoms with Crippen LogP contribution in [0, 0.1) is 0 Å². The van der Waals surface area contributed by atoms with Crippen molar-refractivity contribution in [1.82, 2.24) is 14.1 Å². The third-order valence-corrected chi connectivity index (χ3v) is 1.91. The molecule has 1 atom stereocenters. The van der Waals surface area contributed by atoms with Crippen LogP contribution in [0.3, 0.4) is 0 Å². The van der Waals surface area contributed by atoms with Gasteiger partial charge in [-0.1, -0.05) is 0 Å². The van der Waals surface area contributed by atoms with Crippen LogP contribution >= 0.6 is 11.7 Å². The van der Waals surface area contributed by atoms with Gasteiger partial charge in [-0.25, -0.2) is 0 Å². The van der Waals surface area contributed by atoms with E-state index >= 15 is 0 Å². The van der Waals surface area contributed by atoms with E-state index in [9.17, 15) is 9.90 Å². The Balaban J connectivity index is 2.08. The lowest BCUT2D eigenvalue weighted by molar-refractivity contribution is -0.117. The van der Waals surface area contributed by atoms with Crippen molar-refractivity contribution < 1.29 is 14.6 Å². The van der Waals surface area contributed by atoms with E-state index in [2.05, 4.69) is 14.1 Å². The largest absolute Gasteiger partial charge is 0.473 e. The van der Waals surface area contributed by atoms with Gasteiger partial charge in [0.2, 0.25) is 11.8 Å². The molecule has 84 valence electrons. The zero-order chi connectivity index (χ0) is 11.1. The Morgan fingerprint density at radius 3 is 3.20 bits per heavy atom. The Bertz CT molecular complexity index is 292. The molecule has 4 N–H and O–H groups in total. The van der Waals surface area contributed by atoms with E-state index < -0.39 is 12.0 Å². The Kier molecular flexibility index (Phi) is 4.95. The Hall–Kier alpha value is -1.25. The highest BCUT2D eigenvalue weighted by molar-refractivity contribution is 6.99. The number of ether oxygens (including phenoxy) is 1. The lowest BCUT2D eigenvalue weighted by Crippen LogP contribution is -2.36. The third kappa shape index (κ3) is 5.25. The molecule has 1 rings (SSSR count). The van der Waals surface area contributed by atoms with Crippen LogP contribution in [0.4, 0.5) is 0 Å². The smallest absolute Gasteiger partial charge is 0.245 e. The molecular formula is C7H12N4O3S. The summed E-state index contributed by atoms with van der Waals surface area (Å²) < 4.78 is 12.6. The van der Waals surface area contributed by atoms with Gasteiger partial charge in [0.1, 0.15) is 18.9 Å². The maximum atomic E-state index is 10.4. The second kappa shape index (κ2) is 6.27. The highest BCUT2D eigenvalue weighted by Gasteiger charge is 2.06. The van der Waals surface area contributed by atoms with E-state index in [1.807, 2.05) is 0 Å². The molecule has 0 bridgehead atoms. The van der Waals surface area contributed by atoms with Gasteiger partial charge in [-0.2, -0.15) is 4.37 Å². The number of aromatic nitrogens is 2. The fourth-order valence-electron chi connectivity index (χ4n) is 0.822. The molecule has 0 saturated carbocycles. The molecule has 1 amide bonds. The minimum Gasteiger partial charge on any atom is -0.473 e. The Morgan fingerprint density at radius 2 is 2.60 bits per heavy atom. The highest BCUT2D eigenvalue weighted by Crippen LogP contribution is 2.04. The van der Waals surface area contributed by atoms with Crippen molar-refractivity contribution >= 4 is 17.6 Å². The van der Waals surface area contributed by atoms with Crippen LogP contribution < -0.4 is 15.8 Å².